The predicted octanol–water partition coefficient (Wildman–Crippen LogP) is 5.12. The Labute approximate surface area is 230 Å². The number of aromatic nitrogens is 1. The zero-order valence-electron chi connectivity index (χ0n) is 22.2. The number of aryl methyl sites for hydroxylation is 1. The van der Waals surface area contributed by atoms with Crippen molar-refractivity contribution in [2.24, 2.45) is 11.8 Å². The van der Waals surface area contributed by atoms with Gasteiger partial charge in [0.15, 0.2) is 10.8 Å². The maximum absolute atomic E-state index is 13.9. The third-order valence-electron chi connectivity index (χ3n) is 7.25. The first kappa shape index (κ1) is 28.3. The number of carbonyl (C=O) groups excluding carboxylic acids is 2. The molecule has 4 atom stereocenters. The number of benzene rings is 2. The Morgan fingerprint density at radius 3 is 2.44 bits per heavy atom. The highest BCUT2D eigenvalue weighted by Gasteiger charge is 2.47. The molecule has 4 rings (SSSR count). The molecule has 3 unspecified atom stereocenters. The number of nitrogens with one attached hydrogen (secondary N) is 1. The maximum atomic E-state index is 13.9. The Kier molecular flexibility index (Phi) is 9.01. The second-order valence-electron chi connectivity index (χ2n) is 9.95. The number of ketones is 1. The highest BCUT2D eigenvalue weighted by Crippen LogP contribution is 2.39. The van der Waals surface area contributed by atoms with Gasteiger partial charge in [-0.25, -0.2) is 4.98 Å². The smallest absolute Gasteiger partial charge is 0.317 e. The Hall–Kier alpha value is -3.72. The highest BCUT2D eigenvalue weighted by molar-refractivity contribution is 7.92. The summed E-state index contributed by atoms with van der Waals surface area (Å²) in [6.07, 6.45) is 4.11. The fraction of sp³-hybridized carbons (Fsp3) is 0.367. The van der Waals surface area contributed by atoms with E-state index in [4.69, 9.17) is 10.5 Å². The molecule has 0 spiro atoms. The molecule has 2 heterocycles. The topological polar surface area (TPSA) is 128 Å². The molecule has 2 aromatic carbocycles. The van der Waals surface area contributed by atoms with E-state index in [9.17, 15) is 18.0 Å². The molecule has 206 valence electrons. The van der Waals surface area contributed by atoms with Gasteiger partial charge < -0.3 is 10.5 Å². The number of rotatable bonds is 11. The number of nitrogen functional groups attached to an aromatic ring is 1. The van der Waals surface area contributed by atoms with Crippen molar-refractivity contribution >= 4 is 33.2 Å². The first-order chi connectivity index (χ1) is 18.7. The van der Waals surface area contributed by atoms with Crippen molar-refractivity contribution in [3.8, 4) is 0 Å². The van der Waals surface area contributed by atoms with Crippen LogP contribution in [0.25, 0.3) is 0 Å². The molecule has 1 fully saturated rings. The van der Waals surface area contributed by atoms with Crippen LogP contribution in [0.2, 0.25) is 0 Å². The van der Waals surface area contributed by atoms with Crippen LogP contribution in [0.1, 0.15) is 56.6 Å². The van der Waals surface area contributed by atoms with E-state index in [-0.39, 0.29) is 16.7 Å². The minimum atomic E-state index is -3.96. The van der Waals surface area contributed by atoms with Gasteiger partial charge in [0.25, 0.3) is 10.0 Å². The SMILES string of the molecule is CCC[C@@H]1OC(=O)C(C(CC)c2cccc(NS(=O)(=O)c3ccc(N)cn3)c2)C(=O)C1CCc1ccccc1. The normalized spacial score (nSPS) is 20.3. The predicted molar refractivity (Wildman–Crippen MR) is 150 cm³/mol. The summed E-state index contributed by atoms with van der Waals surface area (Å²) in [6, 6.07) is 19.6. The van der Waals surface area contributed by atoms with E-state index in [2.05, 4.69) is 9.71 Å². The molecule has 0 bridgehead atoms. The molecule has 3 N–H and O–H groups in total. The average molecular weight is 550 g/mol. The van der Waals surface area contributed by atoms with E-state index < -0.39 is 33.9 Å². The number of hydrogen-bond acceptors (Lipinski definition) is 7. The number of cyclic esters (lactones) is 1. The quantitative estimate of drug-likeness (QED) is 0.251. The fourth-order valence-corrected chi connectivity index (χ4v) is 6.27. The van der Waals surface area contributed by atoms with Gasteiger partial charge in [0, 0.05) is 11.6 Å². The standard InChI is InChI=1S/C30H35N3O5S/c1-3-9-26-25(16-14-20-10-6-5-7-11-20)29(34)28(30(35)38-26)24(4-2)21-12-8-13-23(18-21)33-39(36,37)27-17-15-22(31)19-32-27/h5-8,10-13,15,17-19,24-26,28,33H,3-4,9,14,16,31H2,1-2H3/t24?,25?,26-,28?/m0/s1. The molecule has 1 aromatic heterocycles. The van der Waals surface area contributed by atoms with Crippen molar-refractivity contribution in [2.75, 3.05) is 10.5 Å². The van der Waals surface area contributed by atoms with E-state index in [1.165, 1.54) is 18.3 Å². The molecule has 9 heteroatoms. The van der Waals surface area contributed by atoms with Gasteiger partial charge >= 0.3 is 5.97 Å². The summed E-state index contributed by atoms with van der Waals surface area (Å²) in [7, 11) is -3.96. The summed E-state index contributed by atoms with van der Waals surface area (Å²) < 4.78 is 34.2. The first-order valence-corrected chi connectivity index (χ1v) is 14.8. The van der Waals surface area contributed by atoms with Gasteiger partial charge in [-0.15, -0.1) is 0 Å². The molecule has 1 aliphatic rings. The lowest BCUT2D eigenvalue weighted by atomic mass is 9.73. The second-order valence-corrected chi connectivity index (χ2v) is 11.6. The molecule has 3 aromatic rings. The van der Waals surface area contributed by atoms with Crippen LogP contribution < -0.4 is 10.5 Å². The zero-order valence-corrected chi connectivity index (χ0v) is 23.1. The lowest BCUT2D eigenvalue weighted by Gasteiger charge is -2.37. The number of esters is 1. The van der Waals surface area contributed by atoms with Crippen LogP contribution in [0, 0.1) is 11.8 Å². The van der Waals surface area contributed by atoms with Crippen molar-refractivity contribution in [1.82, 2.24) is 4.98 Å². The maximum Gasteiger partial charge on any atom is 0.317 e. The Bertz CT molecular complexity index is 1390. The van der Waals surface area contributed by atoms with Crippen LogP contribution in [0.15, 0.2) is 78.0 Å². The summed E-state index contributed by atoms with van der Waals surface area (Å²) in [4.78, 5) is 31.0. The average Bonchev–Trinajstić information content (AvgIpc) is 2.91. The monoisotopic (exact) mass is 549 g/mol. The molecule has 1 saturated heterocycles. The number of sulfonamides is 1. The van der Waals surface area contributed by atoms with Crippen LogP contribution in [0.3, 0.4) is 0 Å². The minimum Gasteiger partial charge on any atom is -0.461 e. The number of ether oxygens (including phenoxy) is 1. The zero-order chi connectivity index (χ0) is 28.0. The van der Waals surface area contributed by atoms with E-state index >= 15 is 0 Å². The van der Waals surface area contributed by atoms with Crippen molar-refractivity contribution in [2.45, 2.75) is 63.0 Å². The van der Waals surface area contributed by atoms with E-state index in [0.717, 1.165) is 18.4 Å². The van der Waals surface area contributed by atoms with E-state index in [0.29, 0.717) is 36.2 Å². The van der Waals surface area contributed by atoms with Gasteiger partial charge in [-0.1, -0.05) is 62.7 Å². The number of nitrogens with two attached hydrogens (primary N) is 1. The van der Waals surface area contributed by atoms with Gasteiger partial charge in [-0.2, -0.15) is 8.42 Å². The lowest BCUT2D eigenvalue weighted by molar-refractivity contribution is -0.172. The van der Waals surface area contributed by atoms with Crippen LogP contribution in [0.5, 0.6) is 0 Å². The van der Waals surface area contributed by atoms with Crippen LogP contribution in [-0.4, -0.2) is 31.3 Å². The number of pyridine rings is 1. The van der Waals surface area contributed by atoms with Gasteiger partial charge in [0.2, 0.25) is 0 Å². The summed E-state index contributed by atoms with van der Waals surface area (Å²) in [5.74, 6) is -2.39. The van der Waals surface area contributed by atoms with Crippen LogP contribution in [-0.2, 0) is 30.8 Å². The largest absolute Gasteiger partial charge is 0.461 e. The third kappa shape index (κ3) is 6.65. The number of carbonyl (C=O) groups is 2. The van der Waals surface area contributed by atoms with E-state index in [1.807, 2.05) is 50.2 Å². The Balaban J connectivity index is 1.58. The number of nitrogens with zero attached hydrogens (tertiary/aromatic N) is 1. The second kappa shape index (κ2) is 12.4. The fourth-order valence-electron chi connectivity index (χ4n) is 5.29. The van der Waals surface area contributed by atoms with Crippen LogP contribution >= 0.6 is 0 Å². The summed E-state index contributed by atoms with van der Waals surface area (Å²) in [5.41, 5.74) is 8.12. The molecule has 39 heavy (non-hydrogen) atoms. The summed E-state index contributed by atoms with van der Waals surface area (Å²) >= 11 is 0. The summed E-state index contributed by atoms with van der Waals surface area (Å²) in [6.45, 7) is 3.93. The molecule has 0 radical (unpaired) electrons. The first-order valence-electron chi connectivity index (χ1n) is 13.4. The Morgan fingerprint density at radius 2 is 1.77 bits per heavy atom. The van der Waals surface area contributed by atoms with Crippen molar-refractivity contribution < 1.29 is 22.7 Å². The summed E-state index contributed by atoms with van der Waals surface area (Å²) in [5, 5.41) is -0.164. The van der Waals surface area contributed by atoms with Gasteiger partial charge in [0.05, 0.1) is 17.8 Å². The highest BCUT2D eigenvalue weighted by atomic mass is 32.2. The number of anilines is 2. The molecule has 0 aliphatic carbocycles. The lowest BCUT2D eigenvalue weighted by Crippen LogP contribution is -2.48. The molecule has 8 nitrogen and oxygen atoms in total. The number of Topliss-reactive ketones (excluding diaryl/α,β-unsaturated/α-hetero) is 1. The number of hydrogen-bond donors (Lipinski definition) is 2. The molecule has 0 saturated carbocycles. The van der Waals surface area contributed by atoms with Crippen molar-refractivity contribution in [1.29, 1.82) is 0 Å². The minimum absolute atomic E-state index is 0.0930. The van der Waals surface area contributed by atoms with Gasteiger partial charge in [-0.3, -0.25) is 14.3 Å². The van der Waals surface area contributed by atoms with Gasteiger partial charge in [-0.05, 0) is 61.1 Å². The third-order valence-corrected chi connectivity index (χ3v) is 8.54. The molecule has 1 aliphatic heterocycles. The molecule has 0 amide bonds. The van der Waals surface area contributed by atoms with Gasteiger partial charge in [0.1, 0.15) is 12.0 Å². The Morgan fingerprint density at radius 1 is 1.00 bits per heavy atom. The molecular formula is C30H35N3O5S. The van der Waals surface area contributed by atoms with E-state index in [1.54, 1.807) is 18.2 Å². The molecular weight excluding hydrogens is 514 g/mol. The van der Waals surface area contributed by atoms with Crippen LogP contribution in [0.4, 0.5) is 11.4 Å². The van der Waals surface area contributed by atoms with Crippen molar-refractivity contribution in [3.05, 3.63) is 84.1 Å². The van der Waals surface area contributed by atoms with Crippen molar-refractivity contribution in [3.63, 3.8) is 0 Å².